The summed E-state index contributed by atoms with van der Waals surface area (Å²) in [6.45, 7) is 14.8. The van der Waals surface area contributed by atoms with Gasteiger partial charge in [0.05, 0.1) is 0 Å². The van der Waals surface area contributed by atoms with Crippen molar-refractivity contribution in [2.45, 2.75) is 59.9 Å². The molecular weight excluding hydrogens is 158 g/mol. The fourth-order valence-electron chi connectivity index (χ4n) is 1.41. The Hall–Kier alpha value is -0.0400. The van der Waals surface area contributed by atoms with Gasteiger partial charge >= 0.3 is 0 Å². The molecule has 0 amide bonds. The minimum Gasteiger partial charge on any atom is -0.312 e. The molecule has 0 aromatic carbocycles. The van der Waals surface area contributed by atoms with E-state index in [1.807, 2.05) is 0 Å². The zero-order valence-electron chi connectivity index (χ0n) is 10.3. The lowest BCUT2D eigenvalue weighted by molar-refractivity contribution is 0.305. The summed E-state index contributed by atoms with van der Waals surface area (Å²) in [5.74, 6) is 1.64. The lowest BCUT2D eigenvalue weighted by Gasteiger charge is -2.26. The van der Waals surface area contributed by atoms with Crippen LogP contribution in [-0.4, -0.2) is 12.1 Å². The first-order valence-electron chi connectivity index (χ1n) is 5.62. The first kappa shape index (κ1) is 13.0. The molecule has 2 atom stereocenters. The van der Waals surface area contributed by atoms with Gasteiger partial charge in [-0.15, -0.1) is 0 Å². The summed E-state index contributed by atoms with van der Waals surface area (Å²) in [6, 6.07) is 0. The van der Waals surface area contributed by atoms with E-state index in [2.05, 4.69) is 46.9 Å². The molecule has 13 heavy (non-hydrogen) atoms. The molecule has 0 aliphatic carbocycles. The predicted octanol–water partition coefficient (Wildman–Crippen LogP) is 3.45. The SMILES string of the molecule is CCCC(C)C(C)CNC(C)(C)C. The van der Waals surface area contributed by atoms with E-state index < -0.39 is 0 Å². The second-order valence-corrected chi connectivity index (χ2v) is 5.37. The maximum atomic E-state index is 3.56. The van der Waals surface area contributed by atoms with Crippen LogP contribution in [0.1, 0.15) is 54.4 Å². The highest BCUT2D eigenvalue weighted by Gasteiger charge is 2.14. The Labute approximate surface area is 84.3 Å². The van der Waals surface area contributed by atoms with Crippen LogP contribution in [0.4, 0.5) is 0 Å². The Kier molecular flexibility index (Phi) is 5.62. The first-order valence-corrected chi connectivity index (χ1v) is 5.62. The van der Waals surface area contributed by atoms with Crippen LogP contribution in [0.15, 0.2) is 0 Å². The van der Waals surface area contributed by atoms with Gasteiger partial charge in [0.1, 0.15) is 0 Å². The van der Waals surface area contributed by atoms with Crippen LogP contribution in [0.2, 0.25) is 0 Å². The molecule has 0 saturated carbocycles. The van der Waals surface area contributed by atoms with E-state index in [0.717, 1.165) is 18.4 Å². The monoisotopic (exact) mass is 185 g/mol. The van der Waals surface area contributed by atoms with Crippen LogP contribution in [0.3, 0.4) is 0 Å². The Balaban J connectivity index is 3.67. The summed E-state index contributed by atoms with van der Waals surface area (Å²) >= 11 is 0. The van der Waals surface area contributed by atoms with Crippen molar-refractivity contribution in [1.82, 2.24) is 5.32 Å². The Morgan fingerprint density at radius 1 is 1.08 bits per heavy atom. The molecule has 0 spiro atoms. The maximum absolute atomic E-state index is 3.56. The minimum absolute atomic E-state index is 0.264. The normalized spacial score (nSPS) is 17.1. The molecular formula is C12H27N. The van der Waals surface area contributed by atoms with Crippen molar-refractivity contribution >= 4 is 0 Å². The van der Waals surface area contributed by atoms with Crippen LogP contribution >= 0.6 is 0 Å². The molecule has 0 aliphatic rings. The first-order chi connectivity index (χ1) is 5.87. The summed E-state index contributed by atoms with van der Waals surface area (Å²) in [6.07, 6.45) is 2.66. The lowest BCUT2D eigenvalue weighted by atomic mass is 9.91. The number of hydrogen-bond acceptors (Lipinski definition) is 1. The largest absolute Gasteiger partial charge is 0.312 e. The predicted molar refractivity (Wildman–Crippen MR) is 61.0 cm³/mol. The molecule has 0 bridgehead atoms. The van der Waals surface area contributed by atoms with Crippen molar-refractivity contribution in [3.05, 3.63) is 0 Å². The van der Waals surface area contributed by atoms with E-state index in [1.54, 1.807) is 0 Å². The molecule has 0 radical (unpaired) electrons. The van der Waals surface area contributed by atoms with Crippen LogP contribution in [-0.2, 0) is 0 Å². The van der Waals surface area contributed by atoms with Gasteiger partial charge in [-0.05, 0) is 39.2 Å². The van der Waals surface area contributed by atoms with Crippen LogP contribution in [0, 0.1) is 11.8 Å². The molecule has 0 aromatic heterocycles. The fourth-order valence-corrected chi connectivity index (χ4v) is 1.41. The third-order valence-corrected chi connectivity index (χ3v) is 2.67. The summed E-state index contributed by atoms with van der Waals surface area (Å²) < 4.78 is 0. The molecule has 0 aliphatic heterocycles. The van der Waals surface area contributed by atoms with Crippen molar-refractivity contribution in [2.24, 2.45) is 11.8 Å². The van der Waals surface area contributed by atoms with Gasteiger partial charge in [0.15, 0.2) is 0 Å². The fraction of sp³-hybridized carbons (Fsp3) is 1.00. The quantitative estimate of drug-likeness (QED) is 0.692. The van der Waals surface area contributed by atoms with Gasteiger partial charge in [0.25, 0.3) is 0 Å². The molecule has 0 heterocycles. The lowest BCUT2D eigenvalue weighted by Crippen LogP contribution is -2.39. The number of nitrogens with one attached hydrogen (secondary N) is 1. The molecule has 80 valence electrons. The van der Waals surface area contributed by atoms with Crippen LogP contribution < -0.4 is 5.32 Å². The van der Waals surface area contributed by atoms with Gasteiger partial charge in [0, 0.05) is 5.54 Å². The highest BCUT2D eigenvalue weighted by molar-refractivity contribution is 4.73. The highest BCUT2D eigenvalue weighted by Crippen LogP contribution is 2.16. The van der Waals surface area contributed by atoms with Gasteiger partial charge in [-0.3, -0.25) is 0 Å². The molecule has 0 rings (SSSR count). The standard InChI is InChI=1S/C12H27N/c1-7-8-10(2)11(3)9-13-12(4,5)6/h10-11,13H,7-9H2,1-6H3. The topological polar surface area (TPSA) is 12.0 Å². The van der Waals surface area contributed by atoms with E-state index in [-0.39, 0.29) is 5.54 Å². The number of hydrogen-bond donors (Lipinski definition) is 1. The summed E-state index contributed by atoms with van der Waals surface area (Å²) in [7, 11) is 0. The Bertz CT molecular complexity index is 124. The van der Waals surface area contributed by atoms with Gasteiger partial charge in [-0.25, -0.2) is 0 Å². The van der Waals surface area contributed by atoms with E-state index in [9.17, 15) is 0 Å². The highest BCUT2D eigenvalue weighted by atomic mass is 14.9. The third kappa shape index (κ3) is 7.06. The zero-order chi connectivity index (χ0) is 10.5. The van der Waals surface area contributed by atoms with Crippen molar-refractivity contribution in [3.63, 3.8) is 0 Å². The zero-order valence-corrected chi connectivity index (χ0v) is 10.3. The van der Waals surface area contributed by atoms with Crippen molar-refractivity contribution in [2.75, 3.05) is 6.54 Å². The third-order valence-electron chi connectivity index (χ3n) is 2.67. The molecule has 0 saturated heterocycles. The number of rotatable bonds is 5. The van der Waals surface area contributed by atoms with Crippen molar-refractivity contribution in [1.29, 1.82) is 0 Å². The maximum Gasteiger partial charge on any atom is 0.00966 e. The van der Waals surface area contributed by atoms with Crippen LogP contribution in [0.25, 0.3) is 0 Å². The smallest absolute Gasteiger partial charge is 0.00966 e. The van der Waals surface area contributed by atoms with Gasteiger partial charge in [-0.2, -0.15) is 0 Å². The van der Waals surface area contributed by atoms with Crippen LogP contribution in [0.5, 0.6) is 0 Å². The van der Waals surface area contributed by atoms with E-state index >= 15 is 0 Å². The van der Waals surface area contributed by atoms with Crippen molar-refractivity contribution < 1.29 is 0 Å². The van der Waals surface area contributed by atoms with Gasteiger partial charge in [-0.1, -0.05) is 33.6 Å². The summed E-state index contributed by atoms with van der Waals surface area (Å²) in [5, 5.41) is 3.56. The van der Waals surface area contributed by atoms with E-state index in [4.69, 9.17) is 0 Å². The van der Waals surface area contributed by atoms with E-state index in [1.165, 1.54) is 12.8 Å². The minimum atomic E-state index is 0.264. The average molecular weight is 185 g/mol. The molecule has 1 N–H and O–H groups in total. The molecule has 2 unspecified atom stereocenters. The molecule has 1 nitrogen and oxygen atoms in total. The van der Waals surface area contributed by atoms with E-state index in [0.29, 0.717) is 0 Å². The molecule has 0 aromatic rings. The molecule has 1 heteroatoms. The van der Waals surface area contributed by atoms with Gasteiger partial charge < -0.3 is 5.32 Å². The second kappa shape index (κ2) is 5.64. The Morgan fingerprint density at radius 2 is 1.62 bits per heavy atom. The summed E-state index contributed by atoms with van der Waals surface area (Å²) in [5.41, 5.74) is 0.264. The average Bonchev–Trinajstić information content (AvgIpc) is 1.99. The Morgan fingerprint density at radius 3 is 2.00 bits per heavy atom. The second-order valence-electron chi connectivity index (χ2n) is 5.37. The van der Waals surface area contributed by atoms with Gasteiger partial charge in [0.2, 0.25) is 0 Å². The summed E-state index contributed by atoms with van der Waals surface area (Å²) in [4.78, 5) is 0. The molecule has 0 fully saturated rings. The van der Waals surface area contributed by atoms with Crippen molar-refractivity contribution in [3.8, 4) is 0 Å².